The van der Waals surface area contributed by atoms with Crippen molar-refractivity contribution in [2.75, 3.05) is 4.90 Å². The monoisotopic (exact) mass is 707 g/mol. The van der Waals surface area contributed by atoms with E-state index in [9.17, 15) is 0 Å². The molecule has 8 aromatic carbocycles. The zero-order valence-corrected chi connectivity index (χ0v) is 31.2. The van der Waals surface area contributed by atoms with E-state index in [0.29, 0.717) is 0 Å². The summed E-state index contributed by atoms with van der Waals surface area (Å²) in [6, 6.07) is 75.2. The molecule has 3 heterocycles. The van der Waals surface area contributed by atoms with Gasteiger partial charge in [0.25, 0.3) is 0 Å². The van der Waals surface area contributed by atoms with Gasteiger partial charge in [-0.15, -0.1) is 0 Å². The first-order chi connectivity index (χ1) is 26.3. The Labute approximate surface area is 313 Å². The van der Waals surface area contributed by atoms with Crippen molar-refractivity contribution in [2.45, 2.75) is 0 Å². The second kappa shape index (κ2) is 12.0. The van der Waals surface area contributed by atoms with Crippen molar-refractivity contribution in [1.82, 2.24) is 0 Å². The van der Waals surface area contributed by atoms with Gasteiger partial charge in [-0.2, -0.15) is 0 Å². The van der Waals surface area contributed by atoms with E-state index in [0.717, 1.165) is 22.9 Å². The summed E-state index contributed by atoms with van der Waals surface area (Å²) in [5.74, 6) is 1.75. The van der Waals surface area contributed by atoms with E-state index in [1.165, 1.54) is 58.4 Å². The molecule has 0 radical (unpaired) electrons. The van der Waals surface area contributed by atoms with Gasteiger partial charge in [0.2, 0.25) is 6.71 Å². The number of benzene rings is 8. The van der Waals surface area contributed by atoms with Crippen molar-refractivity contribution in [1.29, 1.82) is 0 Å². The van der Waals surface area contributed by atoms with Crippen LogP contribution in [-0.4, -0.2) is 23.6 Å². The van der Waals surface area contributed by atoms with Crippen LogP contribution in [0.1, 0.15) is 0 Å². The fraction of sp³-hybridized carbons (Fsp3) is 0. The van der Waals surface area contributed by atoms with Gasteiger partial charge in [-0.3, -0.25) is 0 Å². The van der Waals surface area contributed by atoms with Crippen molar-refractivity contribution in [3.8, 4) is 11.5 Å². The van der Waals surface area contributed by atoms with Crippen LogP contribution in [0.4, 0.5) is 17.1 Å². The SMILES string of the molecule is c1ccc([SiH]2c3ccccc3B3c4ccccc4[Si](c4ccccc4)(c4ccccc4)c4cc(N5c6ccccc6Oc6ccccc65)cc2c43)cc1. The molecule has 0 saturated heterocycles. The highest BCUT2D eigenvalue weighted by Crippen LogP contribution is 2.49. The van der Waals surface area contributed by atoms with Gasteiger partial charge in [0.15, 0.2) is 19.6 Å². The maximum Gasteiger partial charge on any atom is 0.240 e. The minimum Gasteiger partial charge on any atom is -0.453 e. The highest BCUT2D eigenvalue weighted by Gasteiger charge is 2.53. The van der Waals surface area contributed by atoms with Crippen LogP contribution in [-0.2, 0) is 0 Å². The summed E-state index contributed by atoms with van der Waals surface area (Å²) >= 11 is 0. The van der Waals surface area contributed by atoms with Crippen molar-refractivity contribution < 1.29 is 4.74 Å². The molecule has 0 bridgehead atoms. The lowest BCUT2D eigenvalue weighted by Crippen LogP contribution is -2.91. The van der Waals surface area contributed by atoms with Gasteiger partial charge >= 0.3 is 0 Å². The van der Waals surface area contributed by atoms with E-state index in [1.54, 1.807) is 0 Å². The Hall–Kier alpha value is -6.14. The average Bonchev–Trinajstić information content (AvgIpc) is 3.23. The van der Waals surface area contributed by atoms with Crippen molar-refractivity contribution in [3.63, 3.8) is 0 Å². The fourth-order valence-corrected chi connectivity index (χ4v) is 18.7. The molecule has 0 aromatic heterocycles. The molecule has 8 aromatic rings. The lowest BCUT2D eigenvalue weighted by atomic mass is 9.36. The van der Waals surface area contributed by atoms with Crippen LogP contribution in [0.3, 0.4) is 0 Å². The quantitative estimate of drug-likeness (QED) is 0.257. The molecule has 0 aliphatic carbocycles. The number of hydrogen-bond donors (Lipinski definition) is 0. The molecule has 5 heteroatoms. The molecular formula is C48H34BNOSi2. The van der Waals surface area contributed by atoms with Gasteiger partial charge in [0.1, 0.15) is 8.80 Å². The Balaban J connectivity index is 1.34. The Morgan fingerprint density at radius 3 is 1.64 bits per heavy atom. The number of anilines is 3. The second-order valence-corrected chi connectivity index (χ2v) is 20.9. The molecule has 1 unspecified atom stereocenters. The van der Waals surface area contributed by atoms with E-state index < -0.39 is 16.9 Å². The maximum atomic E-state index is 6.57. The lowest BCUT2D eigenvalue weighted by Gasteiger charge is -2.47. The van der Waals surface area contributed by atoms with Crippen LogP contribution in [0, 0.1) is 0 Å². The molecule has 3 aliphatic rings. The minimum absolute atomic E-state index is 0.145. The lowest BCUT2D eigenvalue weighted by molar-refractivity contribution is 0.477. The first-order valence-corrected chi connectivity index (χ1v) is 22.2. The summed E-state index contributed by atoms with van der Waals surface area (Å²) in [5, 5.41) is 10.3. The largest absolute Gasteiger partial charge is 0.453 e. The van der Waals surface area contributed by atoms with Gasteiger partial charge in [-0.05, 0) is 57.1 Å². The Kier molecular flexibility index (Phi) is 6.88. The number of ether oxygens (including phenoxy) is 1. The molecule has 0 N–H and O–H groups in total. The van der Waals surface area contributed by atoms with E-state index in [4.69, 9.17) is 4.74 Å². The van der Waals surface area contributed by atoms with Crippen molar-refractivity contribution in [3.05, 3.63) is 200 Å². The molecule has 2 nitrogen and oxygen atoms in total. The Morgan fingerprint density at radius 1 is 0.453 bits per heavy atom. The number of rotatable bonds is 4. The molecule has 0 spiro atoms. The van der Waals surface area contributed by atoms with Gasteiger partial charge in [-0.1, -0.05) is 196 Å². The molecule has 0 saturated carbocycles. The van der Waals surface area contributed by atoms with E-state index in [2.05, 4.69) is 205 Å². The summed E-state index contributed by atoms with van der Waals surface area (Å²) < 4.78 is 6.57. The van der Waals surface area contributed by atoms with Crippen LogP contribution in [0.25, 0.3) is 0 Å². The third-order valence-corrected chi connectivity index (χ3v) is 19.9. The van der Waals surface area contributed by atoms with Gasteiger partial charge in [0, 0.05) is 5.69 Å². The van der Waals surface area contributed by atoms with Gasteiger partial charge in [-0.25, -0.2) is 0 Å². The van der Waals surface area contributed by atoms with E-state index in [-0.39, 0.29) is 6.71 Å². The first kappa shape index (κ1) is 30.5. The first-order valence-electron chi connectivity index (χ1n) is 18.5. The van der Waals surface area contributed by atoms with Gasteiger partial charge < -0.3 is 9.64 Å². The summed E-state index contributed by atoms with van der Waals surface area (Å²) in [6.07, 6.45) is 0. The van der Waals surface area contributed by atoms with Crippen molar-refractivity contribution in [2.24, 2.45) is 0 Å². The van der Waals surface area contributed by atoms with Crippen LogP contribution >= 0.6 is 0 Å². The van der Waals surface area contributed by atoms with E-state index >= 15 is 0 Å². The number of hydrogen-bond acceptors (Lipinski definition) is 2. The fourth-order valence-electron chi connectivity index (χ4n) is 9.73. The zero-order valence-electron chi connectivity index (χ0n) is 29.1. The molecular weight excluding hydrogens is 674 g/mol. The summed E-state index contributed by atoms with van der Waals surface area (Å²) in [7, 11) is -4.87. The molecule has 11 rings (SSSR count). The smallest absolute Gasteiger partial charge is 0.240 e. The normalized spacial score (nSPS) is 15.6. The molecule has 248 valence electrons. The topological polar surface area (TPSA) is 12.5 Å². The molecule has 0 fully saturated rings. The van der Waals surface area contributed by atoms with Crippen molar-refractivity contribution >= 4 is 93.3 Å². The van der Waals surface area contributed by atoms with E-state index in [1.807, 2.05) is 0 Å². The molecule has 0 amide bonds. The van der Waals surface area contributed by atoms with Crippen LogP contribution < -0.4 is 62.3 Å². The maximum absolute atomic E-state index is 6.57. The highest BCUT2D eigenvalue weighted by molar-refractivity contribution is 7.28. The molecule has 3 aliphatic heterocycles. The predicted molar refractivity (Wildman–Crippen MR) is 228 cm³/mol. The zero-order chi connectivity index (χ0) is 34.9. The van der Waals surface area contributed by atoms with Gasteiger partial charge in [0.05, 0.1) is 11.4 Å². The third-order valence-electron chi connectivity index (χ3n) is 11.7. The molecule has 53 heavy (non-hydrogen) atoms. The molecule has 1 atom stereocenters. The van der Waals surface area contributed by atoms with Crippen LogP contribution in [0.15, 0.2) is 200 Å². The Morgan fingerprint density at radius 2 is 0.981 bits per heavy atom. The van der Waals surface area contributed by atoms with Crippen LogP contribution in [0.5, 0.6) is 11.5 Å². The number of nitrogens with zero attached hydrogens (tertiary/aromatic N) is 1. The minimum atomic E-state index is -2.90. The van der Waals surface area contributed by atoms with Crippen LogP contribution in [0.2, 0.25) is 0 Å². The summed E-state index contributed by atoms with van der Waals surface area (Å²) in [4.78, 5) is 2.46. The number of para-hydroxylation sites is 4. The average molecular weight is 708 g/mol. The summed E-state index contributed by atoms with van der Waals surface area (Å²) in [5.41, 5.74) is 7.76. The second-order valence-electron chi connectivity index (χ2n) is 14.3. The highest BCUT2D eigenvalue weighted by atomic mass is 28.3. The number of fused-ring (bicyclic) bond motifs is 6. The Bertz CT molecular complexity index is 2600. The predicted octanol–water partition coefficient (Wildman–Crippen LogP) is 4.03. The standard InChI is InChI=1S/C48H34BNOSi2/c1-4-18-35(19-5-1)52-44-30-16-10-24-38(44)49-39-25-11-17-31-46(39)53(36-20-6-2-7-21-36,37-22-8-3-9-23-37)47-33-34(32-45(52)48(47)49)50-40-26-12-14-28-42(40)51-43-29-15-13-27-41(43)50/h1-33,52H. The summed E-state index contributed by atoms with van der Waals surface area (Å²) in [6.45, 7) is 0.145. The third kappa shape index (κ3) is 4.38.